The summed E-state index contributed by atoms with van der Waals surface area (Å²) in [6, 6.07) is 9.63. The number of pyridine rings is 2. The average Bonchev–Trinajstić information content (AvgIpc) is 3.29. The van der Waals surface area contributed by atoms with Gasteiger partial charge in [0.25, 0.3) is 5.91 Å². The normalized spacial score (nSPS) is 11.3. The zero-order chi connectivity index (χ0) is 19.8. The molecule has 6 nitrogen and oxygen atoms in total. The fraction of sp³-hybridized carbons (Fsp3) is 0.200. The number of rotatable bonds is 4. The number of fused-ring (bicyclic) bond motifs is 1. The van der Waals surface area contributed by atoms with E-state index in [1.54, 1.807) is 29.8 Å². The summed E-state index contributed by atoms with van der Waals surface area (Å²) in [5.74, 6) is 0.253. The van der Waals surface area contributed by atoms with Crippen molar-refractivity contribution < 1.29 is 4.79 Å². The summed E-state index contributed by atoms with van der Waals surface area (Å²) < 4.78 is 2.69. The van der Waals surface area contributed by atoms with E-state index in [1.165, 1.54) is 4.88 Å². The Morgan fingerprint density at radius 1 is 1.21 bits per heavy atom. The third kappa shape index (κ3) is 3.57. The Kier molecular flexibility index (Phi) is 4.99. The van der Waals surface area contributed by atoms with E-state index in [-0.39, 0.29) is 11.9 Å². The molecule has 0 saturated carbocycles. The van der Waals surface area contributed by atoms with Crippen LogP contribution in [0.5, 0.6) is 0 Å². The summed E-state index contributed by atoms with van der Waals surface area (Å²) in [6.07, 6.45) is 3.35. The standard InChI is InChI=1S/C20H18BrN5OS/c1-11(2)26-19-15(10-23-26)14(8-16(24-19)17-6-4-12(3)28-17)20(27)25-18-7-5-13(21)9-22-18/h4-11H,1-3H3,(H,22,25,27). The summed E-state index contributed by atoms with van der Waals surface area (Å²) in [7, 11) is 0. The number of carbonyl (C=O) groups excluding carboxylic acids is 1. The molecular weight excluding hydrogens is 438 g/mol. The maximum absolute atomic E-state index is 13.1. The number of nitrogens with zero attached hydrogens (tertiary/aromatic N) is 4. The van der Waals surface area contributed by atoms with Crippen molar-refractivity contribution in [3.05, 3.63) is 57.6 Å². The largest absolute Gasteiger partial charge is 0.307 e. The molecule has 1 N–H and O–H groups in total. The van der Waals surface area contributed by atoms with Crippen molar-refractivity contribution in [3.8, 4) is 10.6 Å². The first kappa shape index (κ1) is 18.8. The molecule has 0 unspecified atom stereocenters. The maximum atomic E-state index is 13.1. The van der Waals surface area contributed by atoms with Crippen LogP contribution in [0.2, 0.25) is 0 Å². The monoisotopic (exact) mass is 455 g/mol. The van der Waals surface area contributed by atoms with Gasteiger partial charge in [-0.1, -0.05) is 0 Å². The van der Waals surface area contributed by atoms with Crippen LogP contribution in [0, 0.1) is 6.92 Å². The molecular formula is C20H18BrN5OS. The van der Waals surface area contributed by atoms with Gasteiger partial charge in [0, 0.05) is 21.6 Å². The molecule has 0 fully saturated rings. The predicted octanol–water partition coefficient (Wildman–Crippen LogP) is 5.46. The minimum Gasteiger partial charge on any atom is -0.307 e. The SMILES string of the molecule is Cc1ccc(-c2cc(C(=O)Nc3ccc(Br)cn3)c3cnn(C(C)C)c3n2)s1. The van der Waals surface area contributed by atoms with Gasteiger partial charge in [0.2, 0.25) is 0 Å². The molecule has 0 aliphatic rings. The summed E-state index contributed by atoms with van der Waals surface area (Å²) in [5.41, 5.74) is 2.00. The van der Waals surface area contributed by atoms with Crippen molar-refractivity contribution in [1.82, 2.24) is 19.7 Å². The smallest absolute Gasteiger partial charge is 0.257 e. The first-order valence-corrected chi connectivity index (χ1v) is 10.4. The predicted molar refractivity (Wildman–Crippen MR) is 116 cm³/mol. The fourth-order valence-corrected chi connectivity index (χ4v) is 3.98. The number of amides is 1. The molecule has 0 aliphatic heterocycles. The zero-order valence-corrected chi connectivity index (χ0v) is 18.0. The lowest BCUT2D eigenvalue weighted by atomic mass is 10.1. The van der Waals surface area contributed by atoms with Gasteiger partial charge in [0.05, 0.1) is 27.7 Å². The van der Waals surface area contributed by atoms with E-state index in [1.807, 2.05) is 36.7 Å². The molecule has 4 heterocycles. The van der Waals surface area contributed by atoms with Crippen molar-refractivity contribution >= 4 is 50.0 Å². The number of aryl methyl sites for hydroxylation is 1. The number of thiophene rings is 1. The second-order valence-corrected chi connectivity index (χ2v) is 8.90. The zero-order valence-electron chi connectivity index (χ0n) is 15.6. The minimum absolute atomic E-state index is 0.134. The third-order valence-corrected chi connectivity index (χ3v) is 5.75. The average molecular weight is 456 g/mol. The van der Waals surface area contributed by atoms with Crippen LogP contribution in [0.1, 0.15) is 35.1 Å². The van der Waals surface area contributed by atoms with Gasteiger partial charge in [-0.05, 0) is 67.0 Å². The first-order valence-electron chi connectivity index (χ1n) is 8.80. The highest BCUT2D eigenvalue weighted by Gasteiger charge is 2.19. The summed E-state index contributed by atoms with van der Waals surface area (Å²) >= 11 is 5.00. The van der Waals surface area contributed by atoms with Gasteiger partial charge in [-0.15, -0.1) is 11.3 Å². The van der Waals surface area contributed by atoms with Crippen LogP contribution in [0.25, 0.3) is 21.6 Å². The second kappa shape index (κ2) is 7.44. The van der Waals surface area contributed by atoms with Crippen LogP contribution < -0.4 is 5.32 Å². The number of hydrogen-bond acceptors (Lipinski definition) is 5. The second-order valence-electron chi connectivity index (χ2n) is 6.70. The molecule has 4 rings (SSSR count). The topological polar surface area (TPSA) is 72.7 Å². The van der Waals surface area contributed by atoms with Crippen LogP contribution in [0.15, 0.2) is 47.2 Å². The highest BCUT2D eigenvalue weighted by atomic mass is 79.9. The number of aromatic nitrogens is 4. The molecule has 28 heavy (non-hydrogen) atoms. The molecule has 0 radical (unpaired) electrons. The first-order chi connectivity index (χ1) is 13.4. The van der Waals surface area contributed by atoms with Crippen molar-refractivity contribution in [1.29, 1.82) is 0 Å². The number of anilines is 1. The van der Waals surface area contributed by atoms with Gasteiger partial charge in [0.1, 0.15) is 5.82 Å². The van der Waals surface area contributed by atoms with E-state index >= 15 is 0 Å². The number of carbonyl (C=O) groups is 1. The molecule has 0 atom stereocenters. The maximum Gasteiger partial charge on any atom is 0.257 e. The third-order valence-electron chi connectivity index (χ3n) is 4.26. The van der Waals surface area contributed by atoms with E-state index in [4.69, 9.17) is 4.98 Å². The molecule has 4 aromatic heterocycles. The van der Waals surface area contributed by atoms with E-state index in [2.05, 4.69) is 44.3 Å². The van der Waals surface area contributed by atoms with E-state index in [0.717, 1.165) is 20.4 Å². The highest BCUT2D eigenvalue weighted by molar-refractivity contribution is 9.10. The van der Waals surface area contributed by atoms with Gasteiger partial charge in [-0.2, -0.15) is 5.10 Å². The lowest BCUT2D eigenvalue weighted by Crippen LogP contribution is -2.14. The van der Waals surface area contributed by atoms with Gasteiger partial charge >= 0.3 is 0 Å². The Morgan fingerprint density at radius 2 is 2.04 bits per heavy atom. The van der Waals surface area contributed by atoms with Crippen LogP contribution in [0.3, 0.4) is 0 Å². The molecule has 4 aromatic rings. The quantitative estimate of drug-likeness (QED) is 0.443. The lowest BCUT2D eigenvalue weighted by Gasteiger charge is -2.10. The summed E-state index contributed by atoms with van der Waals surface area (Å²) in [5, 5.41) is 8.04. The lowest BCUT2D eigenvalue weighted by molar-refractivity contribution is 0.102. The van der Waals surface area contributed by atoms with Crippen LogP contribution in [-0.4, -0.2) is 25.7 Å². The molecule has 0 aliphatic carbocycles. The van der Waals surface area contributed by atoms with Gasteiger partial charge in [-0.3, -0.25) is 4.79 Å². The Bertz CT molecular complexity index is 1160. The summed E-state index contributed by atoms with van der Waals surface area (Å²) in [6.45, 7) is 6.14. The minimum atomic E-state index is -0.236. The van der Waals surface area contributed by atoms with Crippen LogP contribution in [0.4, 0.5) is 5.82 Å². The highest BCUT2D eigenvalue weighted by Crippen LogP contribution is 2.31. The summed E-state index contributed by atoms with van der Waals surface area (Å²) in [4.78, 5) is 24.3. The molecule has 1 amide bonds. The number of halogens is 1. The van der Waals surface area contributed by atoms with Crippen molar-refractivity contribution in [2.24, 2.45) is 0 Å². The molecule has 142 valence electrons. The van der Waals surface area contributed by atoms with Crippen molar-refractivity contribution in [2.75, 3.05) is 5.32 Å². The van der Waals surface area contributed by atoms with Gasteiger partial charge in [-0.25, -0.2) is 14.6 Å². The van der Waals surface area contributed by atoms with Crippen LogP contribution in [-0.2, 0) is 0 Å². The van der Waals surface area contributed by atoms with E-state index < -0.39 is 0 Å². The Labute approximate surface area is 174 Å². The van der Waals surface area contributed by atoms with Gasteiger partial charge < -0.3 is 5.32 Å². The molecule has 0 aromatic carbocycles. The van der Waals surface area contributed by atoms with Crippen molar-refractivity contribution in [3.63, 3.8) is 0 Å². The Morgan fingerprint density at radius 3 is 2.68 bits per heavy atom. The van der Waals surface area contributed by atoms with Gasteiger partial charge in [0.15, 0.2) is 5.65 Å². The van der Waals surface area contributed by atoms with Crippen molar-refractivity contribution in [2.45, 2.75) is 26.8 Å². The van der Waals surface area contributed by atoms with E-state index in [0.29, 0.717) is 17.0 Å². The Balaban J connectivity index is 1.83. The van der Waals surface area contributed by atoms with E-state index in [9.17, 15) is 4.79 Å². The molecule has 0 saturated heterocycles. The molecule has 8 heteroatoms. The number of hydrogen-bond donors (Lipinski definition) is 1. The number of nitrogens with one attached hydrogen (secondary N) is 1. The molecule has 0 spiro atoms. The van der Waals surface area contributed by atoms with Crippen LogP contribution >= 0.6 is 27.3 Å². The Hall–Kier alpha value is -2.58. The fourth-order valence-electron chi connectivity index (χ4n) is 2.92. The molecule has 0 bridgehead atoms.